The van der Waals surface area contributed by atoms with Crippen molar-refractivity contribution < 1.29 is 16.5 Å². The van der Waals surface area contributed by atoms with Gasteiger partial charge < -0.3 is 0 Å². The summed E-state index contributed by atoms with van der Waals surface area (Å²) in [6.07, 6.45) is 1.83. The Kier molecular flexibility index (Phi) is 6.71. The number of hydrogen-bond donors (Lipinski definition) is 0. The van der Waals surface area contributed by atoms with Crippen LogP contribution >= 0.6 is 0 Å². The molecule has 0 amide bonds. The fraction of sp³-hybridized carbons (Fsp3) is 0.263. The number of aryl methyl sites for hydroxylation is 4. The molecule has 0 heterocycles. The van der Waals surface area contributed by atoms with E-state index in [2.05, 4.69) is 74.1 Å². The normalized spacial score (nSPS) is 11.6. The Hall–Kier alpha value is -1.73. The Morgan fingerprint density at radius 1 is 0.727 bits per heavy atom. The van der Waals surface area contributed by atoms with E-state index in [0.29, 0.717) is 0 Å². The molecule has 2 nitrogen and oxygen atoms in total. The third-order valence-corrected chi connectivity index (χ3v) is 3.12. The zero-order chi connectivity index (χ0) is 15.4. The van der Waals surface area contributed by atoms with Gasteiger partial charge in [-0.3, -0.25) is 9.98 Å². The molecule has 22 heavy (non-hydrogen) atoms. The van der Waals surface area contributed by atoms with E-state index in [1.807, 2.05) is 13.1 Å². The predicted molar refractivity (Wildman–Crippen MR) is 92.8 cm³/mol. The first-order valence-electron chi connectivity index (χ1n) is 7.18. The topological polar surface area (TPSA) is 24.7 Å². The van der Waals surface area contributed by atoms with Gasteiger partial charge in [0.2, 0.25) is 0 Å². The monoisotopic (exact) mass is 336 g/mol. The number of benzene rings is 2. The summed E-state index contributed by atoms with van der Waals surface area (Å²) in [6.45, 7) is 10.3. The zero-order valence-electron chi connectivity index (χ0n) is 13.8. The van der Waals surface area contributed by atoms with Gasteiger partial charge in [-0.15, -0.1) is 0 Å². The Morgan fingerprint density at radius 3 is 1.59 bits per heavy atom. The van der Waals surface area contributed by atoms with Crippen LogP contribution in [0.1, 0.15) is 29.2 Å². The van der Waals surface area contributed by atoms with Gasteiger partial charge in [0.15, 0.2) is 0 Å². The van der Waals surface area contributed by atoms with Crippen LogP contribution < -0.4 is 0 Å². The minimum atomic E-state index is 0. The van der Waals surface area contributed by atoms with E-state index >= 15 is 0 Å². The molecule has 0 radical (unpaired) electrons. The van der Waals surface area contributed by atoms with E-state index in [0.717, 1.165) is 17.1 Å². The summed E-state index contributed by atoms with van der Waals surface area (Å²) >= 11 is 0. The van der Waals surface area contributed by atoms with E-state index in [9.17, 15) is 0 Å². The molecule has 3 heteroatoms. The maximum atomic E-state index is 4.61. The summed E-state index contributed by atoms with van der Waals surface area (Å²) in [7, 11) is 0. The predicted octanol–water partition coefficient (Wildman–Crippen LogP) is 5.41. The summed E-state index contributed by atoms with van der Waals surface area (Å²) in [5.41, 5.74) is 7.77. The van der Waals surface area contributed by atoms with E-state index in [1.54, 1.807) is 0 Å². The van der Waals surface area contributed by atoms with Crippen molar-refractivity contribution in [1.82, 2.24) is 0 Å². The summed E-state index contributed by atoms with van der Waals surface area (Å²) in [6, 6.07) is 12.6. The van der Waals surface area contributed by atoms with Crippen LogP contribution in [0.5, 0.6) is 0 Å². The van der Waals surface area contributed by atoms with Gasteiger partial charge in [-0.1, -0.05) is 12.1 Å². The molecule has 0 saturated carbocycles. The van der Waals surface area contributed by atoms with E-state index < -0.39 is 0 Å². The van der Waals surface area contributed by atoms with Crippen molar-refractivity contribution in [2.45, 2.75) is 34.6 Å². The van der Waals surface area contributed by atoms with Crippen LogP contribution in [-0.4, -0.2) is 11.9 Å². The van der Waals surface area contributed by atoms with Gasteiger partial charge in [0.05, 0.1) is 17.1 Å². The quantitative estimate of drug-likeness (QED) is 0.528. The van der Waals surface area contributed by atoms with Gasteiger partial charge in [0.25, 0.3) is 0 Å². The van der Waals surface area contributed by atoms with Crippen molar-refractivity contribution in [1.29, 1.82) is 0 Å². The fourth-order valence-corrected chi connectivity index (χ4v) is 2.44. The molecule has 0 bridgehead atoms. The molecule has 0 aliphatic heterocycles. The minimum Gasteiger partial charge on any atom is -0.255 e. The maximum absolute atomic E-state index is 4.61. The largest absolute Gasteiger partial charge is 0.255 e. The summed E-state index contributed by atoms with van der Waals surface area (Å²) in [5.74, 6) is 0. The van der Waals surface area contributed by atoms with E-state index in [4.69, 9.17) is 0 Å². The first-order valence-corrected chi connectivity index (χ1v) is 7.18. The third kappa shape index (κ3) is 5.57. The number of rotatable bonds is 3. The number of hydrogen-bond acceptors (Lipinski definition) is 2. The molecule has 0 aromatic heterocycles. The Bertz CT molecular complexity index is 675. The zero-order valence-corrected chi connectivity index (χ0v) is 14.7. The van der Waals surface area contributed by atoms with Crippen molar-refractivity contribution in [2.75, 3.05) is 0 Å². The molecular weight excluding hydrogens is 315 g/mol. The third-order valence-electron chi connectivity index (χ3n) is 3.12. The SMILES string of the molecule is CC(C=Nc1cc(C)cc(C)c1)=Nc1cc(C)cc(C)c1.[Ni]. The van der Waals surface area contributed by atoms with Gasteiger partial charge in [-0.2, -0.15) is 0 Å². The summed E-state index contributed by atoms with van der Waals surface area (Å²) in [5, 5.41) is 0. The second-order valence-corrected chi connectivity index (χ2v) is 5.70. The number of nitrogens with zero attached hydrogens (tertiary/aromatic N) is 2. The van der Waals surface area contributed by atoms with Gasteiger partial charge >= 0.3 is 0 Å². The van der Waals surface area contributed by atoms with Crippen LogP contribution in [0.4, 0.5) is 11.4 Å². The van der Waals surface area contributed by atoms with E-state index in [-0.39, 0.29) is 16.5 Å². The van der Waals surface area contributed by atoms with Gasteiger partial charge in [-0.05, 0) is 81.1 Å². The van der Waals surface area contributed by atoms with Crippen LogP contribution in [0.2, 0.25) is 0 Å². The first kappa shape index (κ1) is 18.3. The molecular formula is C19H22N2Ni. The molecule has 0 atom stereocenters. The molecule has 0 N–H and O–H groups in total. The van der Waals surface area contributed by atoms with Crippen LogP contribution in [0.3, 0.4) is 0 Å². The standard InChI is InChI=1S/C19H22N2.Ni/c1-13-6-14(2)9-18(8-13)20-12-17(5)21-19-10-15(3)7-16(4)11-19;/h6-12H,1-5H3;. The second-order valence-electron chi connectivity index (χ2n) is 5.70. The van der Waals surface area contributed by atoms with E-state index in [1.165, 1.54) is 22.3 Å². The van der Waals surface area contributed by atoms with Crippen LogP contribution in [0, 0.1) is 27.7 Å². The van der Waals surface area contributed by atoms with Crippen LogP contribution in [0.15, 0.2) is 46.4 Å². The molecule has 0 aliphatic rings. The molecule has 0 fully saturated rings. The molecule has 0 spiro atoms. The van der Waals surface area contributed by atoms with Crippen molar-refractivity contribution in [3.63, 3.8) is 0 Å². The average Bonchev–Trinajstić information content (AvgIpc) is 2.34. The fourth-order valence-electron chi connectivity index (χ4n) is 2.44. The molecule has 0 saturated heterocycles. The second kappa shape index (κ2) is 8.05. The van der Waals surface area contributed by atoms with Crippen molar-refractivity contribution in [3.8, 4) is 0 Å². The average molecular weight is 337 g/mol. The molecule has 2 aromatic rings. The van der Waals surface area contributed by atoms with Crippen LogP contribution in [0.25, 0.3) is 0 Å². The van der Waals surface area contributed by atoms with Gasteiger partial charge in [-0.25, -0.2) is 0 Å². The van der Waals surface area contributed by atoms with Gasteiger partial charge in [0.1, 0.15) is 0 Å². The maximum Gasteiger partial charge on any atom is 0.0638 e. The first-order chi connectivity index (χ1) is 9.92. The van der Waals surface area contributed by atoms with Crippen LogP contribution in [-0.2, 0) is 16.5 Å². The summed E-state index contributed by atoms with van der Waals surface area (Å²) < 4.78 is 0. The molecule has 0 aliphatic carbocycles. The van der Waals surface area contributed by atoms with Crippen molar-refractivity contribution in [2.24, 2.45) is 9.98 Å². The van der Waals surface area contributed by atoms with Crippen molar-refractivity contribution >= 4 is 23.3 Å². The number of aliphatic imine (C=N–C) groups is 2. The Labute approximate surface area is 143 Å². The van der Waals surface area contributed by atoms with Gasteiger partial charge in [0, 0.05) is 22.7 Å². The smallest absolute Gasteiger partial charge is 0.0638 e. The molecule has 2 rings (SSSR count). The molecule has 0 unspecified atom stereocenters. The summed E-state index contributed by atoms with van der Waals surface area (Å²) in [4.78, 5) is 9.12. The molecule has 118 valence electrons. The Morgan fingerprint density at radius 2 is 1.14 bits per heavy atom. The minimum absolute atomic E-state index is 0. The Balaban J connectivity index is 0.00000242. The molecule has 2 aromatic carbocycles. The van der Waals surface area contributed by atoms with Crippen molar-refractivity contribution in [3.05, 3.63) is 58.7 Å².